The molecule has 0 aliphatic carbocycles. The van der Waals surface area contributed by atoms with Crippen molar-refractivity contribution in [1.29, 1.82) is 0 Å². The van der Waals surface area contributed by atoms with Gasteiger partial charge in [0.05, 0.1) is 0 Å². The third kappa shape index (κ3) is 3.31. The van der Waals surface area contributed by atoms with Crippen LogP contribution in [0.3, 0.4) is 0 Å². The van der Waals surface area contributed by atoms with E-state index in [1.165, 1.54) is 18.2 Å². The second kappa shape index (κ2) is 5.52. The Bertz CT molecular complexity index is 611. The molecular weight excluding hydrogens is 243 g/mol. The van der Waals surface area contributed by atoms with Crippen molar-refractivity contribution in [3.05, 3.63) is 65.0 Å². The van der Waals surface area contributed by atoms with Gasteiger partial charge in [0.15, 0.2) is 0 Å². The molecule has 0 aliphatic rings. The van der Waals surface area contributed by atoms with Gasteiger partial charge in [-0.25, -0.2) is 4.39 Å². The fraction of sp³-hybridized carbons (Fsp3) is 0.133. The summed E-state index contributed by atoms with van der Waals surface area (Å²) < 4.78 is 13.2. The normalized spacial score (nSPS) is 10.4. The van der Waals surface area contributed by atoms with Crippen LogP contribution in [0, 0.1) is 5.82 Å². The number of hydrogen-bond acceptors (Lipinski definition) is 2. The highest BCUT2D eigenvalue weighted by atomic mass is 19.1. The molecule has 3 nitrogen and oxygen atoms in total. The molecule has 2 aromatic carbocycles. The lowest BCUT2D eigenvalue weighted by atomic mass is 9.99. The van der Waals surface area contributed by atoms with Crippen LogP contribution in [0.5, 0.6) is 0 Å². The molecule has 0 saturated carbocycles. The Hall–Kier alpha value is -2.36. The molecule has 0 heterocycles. The molecule has 19 heavy (non-hydrogen) atoms. The standard InChI is InChI=1S/C15H15FN2O/c16-12-6-7-14(15(18)19)11(9-12)5-4-10-2-1-3-13(17)8-10/h1-3,6-9H,4-5,17H2,(H2,18,19). The molecule has 0 unspecified atom stereocenters. The van der Waals surface area contributed by atoms with Crippen molar-refractivity contribution in [2.45, 2.75) is 12.8 Å². The number of rotatable bonds is 4. The molecule has 0 fully saturated rings. The zero-order chi connectivity index (χ0) is 13.8. The minimum Gasteiger partial charge on any atom is -0.399 e. The van der Waals surface area contributed by atoms with Crippen molar-refractivity contribution < 1.29 is 9.18 Å². The first-order valence-corrected chi connectivity index (χ1v) is 5.99. The van der Waals surface area contributed by atoms with E-state index in [0.29, 0.717) is 29.7 Å². The number of nitrogen functional groups attached to an aromatic ring is 1. The first-order valence-electron chi connectivity index (χ1n) is 5.99. The number of aryl methyl sites for hydroxylation is 2. The second-order valence-corrected chi connectivity index (χ2v) is 4.41. The highest BCUT2D eigenvalue weighted by Crippen LogP contribution is 2.15. The Morgan fingerprint density at radius 2 is 1.89 bits per heavy atom. The van der Waals surface area contributed by atoms with Gasteiger partial charge < -0.3 is 11.5 Å². The topological polar surface area (TPSA) is 69.1 Å². The minimum atomic E-state index is -0.539. The number of benzene rings is 2. The smallest absolute Gasteiger partial charge is 0.248 e. The summed E-state index contributed by atoms with van der Waals surface area (Å²) in [6, 6.07) is 11.5. The van der Waals surface area contributed by atoms with Gasteiger partial charge in [0.1, 0.15) is 5.82 Å². The van der Waals surface area contributed by atoms with E-state index in [9.17, 15) is 9.18 Å². The van der Waals surface area contributed by atoms with Crippen molar-refractivity contribution in [2.75, 3.05) is 5.73 Å². The molecule has 0 atom stereocenters. The lowest BCUT2D eigenvalue weighted by Gasteiger charge is -2.07. The van der Waals surface area contributed by atoms with E-state index < -0.39 is 5.91 Å². The molecule has 0 spiro atoms. The number of carbonyl (C=O) groups excluding carboxylic acids is 1. The van der Waals surface area contributed by atoms with Gasteiger partial charge in [-0.15, -0.1) is 0 Å². The average Bonchev–Trinajstić information content (AvgIpc) is 2.36. The zero-order valence-electron chi connectivity index (χ0n) is 10.4. The summed E-state index contributed by atoms with van der Waals surface area (Å²) in [6.07, 6.45) is 1.22. The predicted molar refractivity (Wildman–Crippen MR) is 73.2 cm³/mol. The molecule has 2 aromatic rings. The van der Waals surface area contributed by atoms with Crippen molar-refractivity contribution in [2.24, 2.45) is 5.73 Å². The number of anilines is 1. The van der Waals surface area contributed by atoms with E-state index in [1.54, 1.807) is 6.07 Å². The molecule has 4 N–H and O–H groups in total. The van der Waals surface area contributed by atoms with Gasteiger partial charge in [-0.1, -0.05) is 12.1 Å². The average molecular weight is 258 g/mol. The van der Waals surface area contributed by atoms with Crippen molar-refractivity contribution in [1.82, 2.24) is 0 Å². The highest BCUT2D eigenvalue weighted by Gasteiger charge is 2.09. The van der Waals surface area contributed by atoms with Gasteiger partial charge in [0, 0.05) is 11.3 Å². The summed E-state index contributed by atoms with van der Waals surface area (Å²) >= 11 is 0. The number of primary amides is 1. The maximum atomic E-state index is 13.2. The van der Waals surface area contributed by atoms with Crippen LogP contribution in [0.25, 0.3) is 0 Å². The van der Waals surface area contributed by atoms with E-state index in [4.69, 9.17) is 11.5 Å². The van der Waals surface area contributed by atoms with Gasteiger partial charge in [-0.3, -0.25) is 4.79 Å². The maximum Gasteiger partial charge on any atom is 0.248 e. The number of amides is 1. The third-order valence-corrected chi connectivity index (χ3v) is 2.97. The maximum absolute atomic E-state index is 13.2. The molecule has 0 aliphatic heterocycles. The van der Waals surface area contributed by atoms with Gasteiger partial charge >= 0.3 is 0 Å². The van der Waals surface area contributed by atoms with Gasteiger partial charge in [0.25, 0.3) is 0 Å². The Balaban J connectivity index is 2.19. The van der Waals surface area contributed by atoms with E-state index >= 15 is 0 Å². The van der Waals surface area contributed by atoms with Gasteiger partial charge in [0.2, 0.25) is 5.91 Å². The second-order valence-electron chi connectivity index (χ2n) is 4.41. The Morgan fingerprint density at radius 3 is 2.58 bits per heavy atom. The summed E-state index contributed by atoms with van der Waals surface area (Å²) in [5.74, 6) is -0.907. The Morgan fingerprint density at radius 1 is 1.11 bits per heavy atom. The molecule has 4 heteroatoms. The monoisotopic (exact) mass is 258 g/mol. The number of carbonyl (C=O) groups is 1. The summed E-state index contributed by atoms with van der Waals surface area (Å²) in [4.78, 5) is 11.3. The first kappa shape index (κ1) is 13.1. The zero-order valence-corrected chi connectivity index (χ0v) is 10.4. The molecule has 0 bridgehead atoms. The fourth-order valence-corrected chi connectivity index (χ4v) is 2.04. The number of nitrogens with two attached hydrogens (primary N) is 2. The SMILES string of the molecule is NC(=O)c1ccc(F)cc1CCc1cccc(N)c1. The molecule has 0 radical (unpaired) electrons. The molecular formula is C15H15FN2O. The van der Waals surface area contributed by atoms with Crippen LogP contribution >= 0.6 is 0 Å². The minimum absolute atomic E-state index is 0.366. The van der Waals surface area contributed by atoms with Crippen LogP contribution in [-0.4, -0.2) is 5.91 Å². The van der Waals surface area contributed by atoms with Crippen LogP contribution in [0.15, 0.2) is 42.5 Å². The summed E-state index contributed by atoms with van der Waals surface area (Å²) in [5.41, 5.74) is 13.7. The lowest BCUT2D eigenvalue weighted by Crippen LogP contribution is -2.14. The largest absolute Gasteiger partial charge is 0.399 e. The summed E-state index contributed by atoms with van der Waals surface area (Å²) in [5, 5.41) is 0. The lowest BCUT2D eigenvalue weighted by molar-refractivity contribution is 0.0999. The van der Waals surface area contributed by atoms with Gasteiger partial charge in [-0.2, -0.15) is 0 Å². The summed E-state index contributed by atoms with van der Waals surface area (Å²) in [7, 11) is 0. The molecule has 2 rings (SSSR count). The highest BCUT2D eigenvalue weighted by molar-refractivity contribution is 5.94. The third-order valence-electron chi connectivity index (χ3n) is 2.97. The fourth-order valence-electron chi connectivity index (χ4n) is 2.04. The number of halogens is 1. The summed E-state index contributed by atoms with van der Waals surface area (Å²) in [6.45, 7) is 0. The Kier molecular flexibility index (Phi) is 3.80. The van der Waals surface area contributed by atoms with Crippen LogP contribution in [0.4, 0.5) is 10.1 Å². The van der Waals surface area contributed by atoms with Crippen molar-refractivity contribution in [3.63, 3.8) is 0 Å². The van der Waals surface area contributed by atoms with E-state index in [-0.39, 0.29) is 5.82 Å². The van der Waals surface area contributed by atoms with E-state index in [1.807, 2.05) is 18.2 Å². The van der Waals surface area contributed by atoms with E-state index in [0.717, 1.165) is 5.56 Å². The quantitative estimate of drug-likeness (QED) is 0.826. The first-order chi connectivity index (χ1) is 9.06. The molecule has 0 saturated heterocycles. The van der Waals surface area contributed by atoms with Crippen molar-refractivity contribution >= 4 is 11.6 Å². The van der Waals surface area contributed by atoms with Crippen LogP contribution < -0.4 is 11.5 Å². The molecule has 1 amide bonds. The molecule has 0 aromatic heterocycles. The predicted octanol–water partition coefficient (Wildman–Crippen LogP) is 2.29. The van der Waals surface area contributed by atoms with E-state index in [2.05, 4.69) is 0 Å². The van der Waals surface area contributed by atoms with Crippen LogP contribution in [0.2, 0.25) is 0 Å². The number of hydrogen-bond donors (Lipinski definition) is 2. The van der Waals surface area contributed by atoms with Crippen LogP contribution in [-0.2, 0) is 12.8 Å². The van der Waals surface area contributed by atoms with Gasteiger partial charge in [-0.05, 0) is 54.3 Å². The van der Waals surface area contributed by atoms with Crippen LogP contribution in [0.1, 0.15) is 21.5 Å². The Labute approximate surface area is 111 Å². The van der Waals surface area contributed by atoms with Crippen molar-refractivity contribution in [3.8, 4) is 0 Å². The molecule has 98 valence electrons.